The fourth-order valence-electron chi connectivity index (χ4n) is 16.4. The third-order valence-corrected chi connectivity index (χ3v) is 20.6. The van der Waals surface area contributed by atoms with Gasteiger partial charge in [0, 0.05) is 48.0 Å². The van der Waals surface area contributed by atoms with Crippen LogP contribution in [-0.2, 0) is 32.2 Å². The molecule has 0 saturated carbocycles. The van der Waals surface area contributed by atoms with Crippen molar-refractivity contribution in [2.45, 2.75) is 115 Å². The third kappa shape index (κ3) is 11.9. The molecule has 0 amide bonds. The van der Waals surface area contributed by atoms with Crippen molar-refractivity contribution in [3.8, 4) is 0 Å². The van der Waals surface area contributed by atoms with E-state index in [1.807, 2.05) is 6.20 Å². The number of anilines is 1. The van der Waals surface area contributed by atoms with Gasteiger partial charge in [-0.05, 0) is 204 Å². The van der Waals surface area contributed by atoms with Crippen LogP contribution in [0.25, 0.3) is 0 Å². The molecule has 10 aromatic rings. The molecule has 0 N–H and O–H groups in total. The maximum atomic E-state index is 6.55. The predicted molar refractivity (Wildman–Crippen MR) is 372 cm³/mol. The van der Waals surface area contributed by atoms with Crippen molar-refractivity contribution in [3.63, 3.8) is 0 Å². The summed E-state index contributed by atoms with van der Waals surface area (Å²) in [6.45, 7) is 22.2. The molecule has 5 nitrogen and oxygen atoms in total. The standard InChI is InChI=1S/C84H92N4O/c1-11-88(73-44-31-33-64(3)59-73)82(76-47-25-20-36-67(76)6,62-84(79-50-28-29-53-85-79,72-43-30-32-63(2)58-72)78-49-27-22-38-69(78)8)60-81(87-54-56-89-57-55-87,75-46-24-19-35-66(75)5)52-51-80(86(9)10,74-45-23-18-34-65(74)4)61-83(70-39-14-12-15-40-70,71-41-16-13-17-42-71)77-48-26-21-37-68(77)7/h12-50,53,58-59H,11,51-52,54-57,60-62H2,1-10H3. The lowest BCUT2D eigenvalue weighted by Gasteiger charge is -2.59. The smallest absolute Gasteiger partial charge is 0.0692 e. The number of nitrogens with zero attached hydrogens (tertiary/aromatic N) is 4. The van der Waals surface area contributed by atoms with Crippen LogP contribution in [-0.4, -0.2) is 61.7 Å². The maximum absolute atomic E-state index is 6.55. The van der Waals surface area contributed by atoms with Gasteiger partial charge in [-0.25, -0.2) is 0 Å². The van der Waals surface area contributed by atoms with E-state index in [1.165, 1.54) is 89.1 Å². The van der Waals surface area contributed by atoms with Crippen LogP contribution in [0, 0.1) is 48.5 Å². The van der Waals surface area contributed by atoms with Gasteiger partial charge >= 0.3 is 0 Å². The summed E-state index contributed by atoms with van der Waals surface area (Å²) in [6, 6.07) is 94.8. The van der Waals surface area contributed by atoms with Crippen molar-refractivity contribution in [2.24, 2.45) is 0 Å². The third-order valence-electron chi connectivity index (χ3n) is 20.6. The SMILES string of the molecule is CCN(c1cccc(C)c1)C(CC(c1cccc(C)c1)(c1ccccn1)c1ccccc1C)(CC(CCC(CC(c1ccccc1)(c1ccccc1)c1ccccc1C)(c1ccccc1C)N(C)C)(c1ccccc1C)N1CCOCC1)c1ccccc1C. The van der Waals surface area contributed by atoms with E-state index in [-0.39, 0.29) is 0 Å². The van der Waals surface area contributed by atoms with Crippen molar-refractivity contribution < 1.29 is 4.74 Å². The Hall–Kier alpha value is -8.19. The van der Waals surface area contributed by atoms with Crippen LogP contribution in [0.4, 0.5) is 5.69 Å². The number of rotatable bonds is 23. The van der Waals surface area contributed by atoms with E-state index >= 15 is 0 Å². The Labute approximate surface area is 533 Å². The highest BCUT2D eigenvalue weighted by molar-refractivity contribution is 5.60. The number of benzene rings is 9. The molecule has 89 heavy (non-hydrogen) atoms. The minimum absolute atomic E-state index is 0.577. The normalized spacial score (nSPS) is 15.8. The van der Waals surface area contributed by atoms with Crippen molar-refractivity contribution in [2.75, 3.05) is 51.8 Å². The molecule has 4 unspecified atom stereocenters. The monoisotopic (exact) mass is 1170 g/mol. The van der Waals surface area contributed by atoms with Gasteiger partial charge < -0.3 is 9.64 Å². The average Bonchev–Trinajstić information content (AvgIpc) is 0.730. The molecule has 5 heteroatoms. The first-order valence-corrected chi connectivity index (χ1v) is 32.5. The van der Waals surface area contributed by atoms with Gasteiger partial charge in [0.25, 0.3) is 0 Å². The summed E-state index contributed by atoms with van der Waals surface area (Å²) in [6.07, 6.45) is 5.78. The molecule has 9 aromatic carbocycles. The van der Waals surface area contributed by atoms with E-state index < -0.39 is 27.4 Å². The van der Waals surface area contributed by atoms with Crippen molar-refractivity contribution in [3.05, 3.63) is 344 Å². The highest BCUT2D eigenvalue weighted by Crippen LogP contribution is 2.60. The van der Waals surface area contributed by atoms with Crippen LogP contribution in [0.15, 0.2) is 255 Å². The summed E-state index contributed by atoms with van der Waals surface area (Å²) in [7, 11) is 4.74. The van der Waals surface area contributed by atoms with Gasteiger partial charge in [-0.15, -0.1) is 0 Å². The molecule has 0 aliphatic carbocycles. The molecular weight excluding hydrogens is 1080 g/mol. The Balaban J connectivity index is 1.29. The molecular formula is C84H92N4O. The van der Waals surface area contributed by atoms with Gasteiger partial charge in [-0.3, -0.25) is 14.8 Å². The van der Waals surface area contributed by atoms with Gasteiger partial charge in [0.15, 0.2) is 0 Å². The Morgan fingerprint density at radius 1 is 0.404 bits per heavy atom. The van der Waals surface area contributed by atoms with Gasteiger partial charge in [-0.1, -0.05) is 230 Å². The van der Waals surface area contributed by atoms with Crippen molar-refractivity contribution >= 4 is 5.69 Å². The van der Waals surface area contributed by atoms with E-state index in [0.29, 0.717) is 19.6 Å². The molecule has 0 radical (unpaired) electrons. The van der Waals surface area contributed by atoms with E-state index in [1.54, 1.807) is 0 Å². The summed E-state index contributed by atoms with van der Waals surface area (Å²) in [5.74, 6) is 0. The zero-order chi connectivity index (χ0) is 62.2. The Morgan fingerprint density at radius 2 is 0.843 bits per heavy atom. The van der Waals surface area contributed by atoms with Gasteiger partial charge in [0.1, 0.15) is 0 Å². The first-order chi connectivity index (χ1) is 43.2. The van der Waals surface area contributed by atoms with E-state index in [0.717, 1.165) is 51.0 Å². The second kappa shape index (κ2) is 26.9. The second-order valence-corrected chi connectivity index (χ2v) is 25.9. The van der Waals surface area contributed by atoms with Crippen LogP contribution < -0.4 is 4.90 Å². The molecule has 1 saturated heterocycles. The highest BCUT2D eigenvalue weighted by Gasteiger charge is 2.57. The molecule has 2 heterocycles. The zero-order valence-electron chi connectivity index (χ0n) is 54.5. The largest absolute Gasteiger partial charge is 0.379 e. The summed E-state index contributed by atoms with van der Waals surface area (Å²) in [5, 5.41) is 0. The minimum atomic E-state index is -0.784. The van der Waals surface area contributed by atoms with E-state index in [4.69, 9.17) is 9.72 Å². The zero-order valence-corrected chi connectivity index (χ0v) is 54.5. The molecule has 4 atom stereocenters. The Kier molecular flexibility index (Phi) is 18.8. The number of morpholine rings is 1. The van der Waals surface area contributed by atoms with Gasteiger partial charge in [-0.2, -0.15) is 0 Å². The lowest BCUT2D eigenvalue weighted by Crippen LogP contribution is -2.61. The Bertz CT molecular complexity index is 3930. The molecule has 1 fully saturated rings. The molecule has 1 aliphatic rings. The number of hydrogen-bond acceptors (Lipinski definition) is 5. The molecule has 1 aliphatic heterocycles. The van der Waals surface area contributed by atoms with Crippen LogP contribution >= 0.6 is 0 Å². The topological polar surface area (TPSA) is 31.8 Å². The number of pyridine rings is 1. The van der Waals surface area contributed by atoms with E-state index in [2.05, 4.69) is 333 Å². The molecule has 454 valence electrons. The van der Waals surface area contributed by atoms with Crippen molar-refractivity contribution in [1.29, 1.82) is 0 Å². The Morgan fingerprint density at radius 3 is 1.33 bits per heavy atom. The average molecular weight is 1170 g/mol. The number of ether oxygens (including phenoxy) is 1. The highest BCUT2D eigenvalue weighted by atomic mass is 16.5. The van der Waals surface area contributed by atoms with Crippen LogP contribution in [0.1, 0.15) is 128 Å². The summed E-state index contributed by atoms with van der Waals surface area (Å²) >= 11 is 0. The fourth-order valence-corrected chi connectivity index (χ4v) is 16.4. The molecule has 1 aromatic heterocycles. The first-order valence-electron chi connectivity index (χ1n) is 32.5. The van der Waals surface area contributed by atoms with E-state index in [9.17, 15) is 0 Å². The maximum Gasteiger partial charge on any atom is 0.0692 e. The molecule has 0 bridgehead atoms. The number of hydrogen-bond donors (Lipinski definition) is 0. The summed E-state index contributed by atoms with van der Waals surface area (Å²) in [4.78, 5) is 14.0. The summed E-state index contributed by atoms with van der Waals surface area (Å²) in [5.41, 5.74) is 18.1. The minimum Gasteiger partial charge on any atom is -0.379 e. The predicted octanol–water partition coefficient (Wildman–Crippen LogP) is 18.7. The fraction of sp³-hybridized carbons (Fsp3) is 0.298. The van der Waals surface area contributed by atoms with Crippen molar-refractivity contribution in [1.82, 2.24) is 14.8 Å². The summed E-state index contributed by atoms with van der Waals surface area (Å²) < 4.78 is 6.55. The van der Waals surface area contributed by atoms with Crippen LogP contribution in [0.5, 0.6) is 0 Å². The number of aryl methyl sites for hydroxylation is 7. The van der Waals surface area contributed by atoms with Crippen LogP contribution in [0.2, 0.25) is 0 Å². The van der Waals surface area contributed by atoms with Crippen LogP contribution in [0.3, 0.4) is 0 Å². The second-order valence-electron chi connectivity index (χ2n) is 25.9. The lowest BCUT2D eigenvalue weighted by molar-refractivity contribution is -0.0522. The van der Waals surface area contributed by atoms with Gasteiger partial charge in [0.2, 0.25) is 0 Å². The quantitative estimate of drug-likeness (QED) is 0.0596. The lowest BCUT2D eigenvalue weighted by atomic mass is 9.57. The first kappa shape index (κ1) is 62.4. The number of aromatic nitrogens is 1. The molecule has 11 rings (SSSR count). The van der Waals surface area contributed by atoms with Gasteiger partial charge in [0.05, 0.1) is 29.9 Å². The molecule has 0 spiro atoms.